The predicted octanol–water partition coefficient (Wildman–Crippen LogP) is 0.177. The first-order valence-electron chi connectivity index (χ1n) is 7.29. The van der Waals surface area contributed by atoms with E-state index in [-0.39, 0.29) is 18.7 Å². The Morgan fingerprint density at radius 3 is 2.87 bits per heavy atom. The van der Waals surface area contributed by atoms with Crippen LogP contribution in [-0.2, 0) is 15.8 Å². The monoisotopic (exact) mass is 342 g/mol. The second-order valence-corrected chi connectivity index (χ2v) is 7.24. The molecule has 0 saturated heterocycles. The zero-order valence-corrected chi connectivity index (χ0v) is 13.3. The second-order valence-electron chi connectivity index (χ2n) is 5.46. The Morgan fingerprint density at radius 1 is 1.39 bits per heavy atom. The number of hydrogen-bond donors (Lipinski definition) is 4. The smallest absolute Gasteiger partial charge is 0.327 e. The SMILES string of the molecule is Nc1nc(NC2CC2)c2ncn(CCOCCP(=O)(O)O)c2n1. The molecule has 5 N–H and O–H groups in total. The summed E-state index contributed by atoms with van der Waals surface area (Å²) in [6, 6.07) is 0.425. The molecule has 1 saturated carbocycles. The lowest BCUT2D eigenvalue weighted by molar-refractivity contribution is 0.137. The molecule has 0 radical (unpaired) electrons. The van der Waals surface area contributed by atoms with Crippen LogP contribution < -0.4 is 11.1 Å². The van der Waals surface area contributed by atoms with E-state index in [1.807, 2.05) is 0 Å². The second kappa shape index (κ2) is 6.40. The Morgan fingerprint density at radius 2 is 2.17 bits per heavy atom. The van der Waals surface area contributed by atoms with Crippen molar-refractivity contribution >= 4 is 30.5 Å². The van der Waals surface area contributed by atoms with Gasteiger partial charge >= 0.3 is 7.60 Å². The van der Waals surface area contributed by atoms with Crippen LogP contribution in [0.15, 0.2) is 6.33 Å². The molecule has 1 aliphatic carbocycles. The highest BCUT2D eigenvalue weighted by molar-refractivity contribution is 7.51. The molecule has 3 rings (SSSR count). The Balaban J connectivity index is 1.64. The zero-order chi connectivity index (χ0) is 16.4. The van der Waals surface area contributed by atoms with Crippen molar-refractivity contribution in [3.8, 4) is 0 Å². The number of nitrogens with zero attached hydrogens (tertiary/aromatic N) is 4. The number of nitrogens with one attached hydrogen (secondary N) is 1. The average Bonchev–Trinajstić information content (AvgIpc) is 3.17. The van der Waals surface area contributed by atoms with Gasteiger partial charge in [-0.1, -0.05) is 0 Å². The molecule has 1 aliphatic rings. The van der Waals surface area contributed by atoms with Crippen LogP contribution in [0, 0.1) is 0 Å². The summed E-state index contributed by atoms with van der Waals surface area (Å²) in [4.78, 5) is 30.2. The maximum atomic E-state index is 10.7. The van der Waals surface area contributed by atoms with Gasteiger partial charge in [-0.2, -0.15) is 9.97 Å². The summed E-state index contributed by atoms with van der Waals surface area (Å²) in [6.07, 6.45) is 3.56. The van der Waals surface area contributed by atoms with Crippen molar-refractivity contribution in [1.82, 2.24) is 19.5 Å². The van der Waals surface area contributed by atoms with Crippen molar-refractivity contribution in [1.29, 1.82) is 0 Å². The molecule has 126 valence electrons. The number of nitrogens with two attached hydrogens (primary N) is 1. The third-order valence-corrected chi connectivity index (χ3v) is 4.17. The van der Waals surface area contributed by atoms with Crippen LogP contribution in [0.1, 0.15) is 12.8 Å². The molecule has 23 heavy (non-hydrogen) atoms. The topological polar surface area (TPSA) is 148 Å². The van der Waals surface area contributed by atoms with E-state index in [4.69, 9.17) is 20.3 Å². The molecule has 0 aliphatic heterocycles. The van der Waals surface area contributed by atoms with E-state index in [1.54, 1.807) is 10.9 Å². The fraction of sp³-hybridized carbons (Fsp3) is 0.583. The Kier molecular flexibility index (Phi) is 4.49. The summed E-state index contributed by atoms with van der Waals surface area (Å²) >= 11 is 0. The standard InChI is InChI=1S/C12H19N6O4P/c13-12-16-10(15-8-1-2-8)9-11(17-12)18(7-14-9)3-4-22-5-6-23(19,20)21/h7-8H,1-6H2,(H2,19,20,21)(H3,13,15,16,17). The van der Waals surface area contributed by atoms with Crippen molar-refractivity contribution in [2.45, 2.75) is 25.4 Å². The Labute approximate surface area is 132 Å². The Bertz CT molecular complexity index is 740. The van der Waals surface area contributed by atoms with Crippen LogP contribution in [-0.4, -0.2) is 54.7 Å². The molecule has 0 bridgehead atoms. The maximum absolute atomic E-state index is 10.7. The molecule has 0 atom stereocenters. The highest BCUT2D eigenvalue weighted by Gasteiger charge is 2.23. The number of fused-ring (bicyclic) bond motifs is 1. The first-order valence-corrected chi connectivity index (χ1v) is 9.09. The molecular formula is C12H19N6O4P. The van der Waals surface area contributed by atoms with Crippen molar-refractivity contribution in [2.75, 3.05) is 30.4 Å². The van der Waals surface area contributed by atoms with Gasteiger partial charge in [0.2, 0.25) is 5.95 Å². The van der Waals surface area contributed by atoms with E-state index >= 15 is 0 Å². The fourth-order valence-corrected chi connectivity index (χ4v) is 2.46. The fourth-order valence-electron chi connectivity index (χ4n) is 2.09. The minimum Gasteiger partial charge on any atom is -0.379 e. The minimum atomic E-state index is -4.02. The number of rotatable bonds is 8. The molecule has 11 heteroatoms. The van der Waals surface area contributed by atoms with Gasteiger partial charge in [-0.25, -0.2) is 4.98 Å². The molecule has 10 nitrogen and oxygen atoms in total. The minimum absolute atomic E-state index is 0.00250. The zero-order valence-electron chi connectivity index (χ0n) is 12.4. The summed E-state index contributed by atoms with van der Waals surface area (Å²) in [6.45, 7) is 0.750. The van der Waals surface area contributed by atoms with Crippen molar-refractivity contribution < 1.29 is 19.1 Å². The Hall–Kier alpha value is -1.74. The molecule has 0 amide bonds. The van der Waals surface area contributed by atoms with Gasteiger partial charge < -0.3 is 30.1 Å². The lowest BCUT2D eigenvalue weighted by Gasteiger charge is -2.08. The normalized spacial score (nSPS) is 15.2. The van der Waals surface area contributed by atoms with Crippen LogP contribution in [0.5, 0.6) is 0 Å². The molecule has 2 aromatic heterocycles. The first-order chi connectivity index (χ1) is 10.9. The van der Waals surface area contributed by atoms with E-state index in [0.29, 0.717) is 36.2 Å². The largest absolute Gasteiger partial charge is 0.379 e. The molecule has 2 aromatic rings. The highest BCUT2D eigenvalue weighted by Crippen LogP contribution is 2.33. The number of anilines is 2. The number of imidazole rings is 1. The molecular weight excluding hydrogens is 323 g/mol. The lowest BCUT2D eigenvalue weighted by Crippen LogP contribution is -2.10. The molecule has 2 heterocycles. The molecule has 0 unspecified atom stereocenters. The van der Waals surface area contributed by atoms with Crippen molar-refractivity contribution in [2.24, 2.45) is 0 Å². The van der Waals surface area contributed by atoms with Gasteiger partial charge in [0.15, 0.2) is 17.0 Å². The quantitative estimate of drug-likeness (QED) is 0.389. The van der Waals surface area contributed by atoms with Crippen LogP contribution >= 0.6 is 7.60 Å². The summed E-state index contributed by atoms with van der Waals surface area (Å²) < 4.78 is 17.7. The summed E-state index contributed by atoms with van der Waals surface area (Å²) in [5.74, 6) is 0.806. The van der Waals surface area contributed by atoms with E-state index in [1.165, 1.54) is 0 Å². The van der Waals surface area contributed by atoms with Crippen LogP contribution in [0.25, 0.3) is 11.2 Å². The lowest BCUT2D eigenvalue weighted by atomic mass is 10.4. The van der Waals surface area contributed by atoms with Crippen LogP contribution in [0.2, 0.25) is 0 Å². The third kappa shape index (κ3) is 4.38. The van der Waals surface area contributed by atoms with Gasteiger partial charge in [-0.05, 0) is 12.8 Å². The number of nitrogen functional groups attached to an aromatic ring is 1. The van der Waals surface area contributed by atoms with Gasteiger partial charge in [0.1, 0.15) is 0 Å². The summed E-state index contributed by atoms with van der Waals surface area (Å²) in [5.41, 5.74) is 7.02. The van der Waals surface area contributed by atoms with E-state index in [9.17, 15) is 4.57 Å². The van der Waals surface area contributed by atoms with E-state index in [2.05, 4.69) is 20.3 Å². The average molecular weight is 342 g/mol. The van der Waals surface area contributed by atoms with Crippen molar-refractivity contribution in [3.63, 3.8) is 0 Å². The van der Waals surface area contributed by atoms with Gasteiger partial charge in [0.05, 0.1) is 25.7 Å². The van der Waals surface area contributed by atoms with Gasteiger partial charge in [-0.3, -0.25) is 4.57 Å². The van der Waals surface area contributed by atoms with Gasteiger partial charge in [0.25, 0.3) is 0 Å². The van der Waals surface area contributed by atoms with E-state index < -0.39 is 7.60 Å². The number of ether oxygens (including phenoxy) is 1. The molecule has 0 spiro atoms. The summed E-state index contributed by atoms with van der Waals surface area (Å²) in [5, 5.41) is 3.28. The van der Waals surface area contributed by atoms with Gasteiger partial charge in [0, 0.05) is 12.6 Å². The first kappa shape index (κ1) is 16.1. The van der Waals surface area contributed by atoms with Gasteiger partial charge in [-0.15, -0.1) is 0 Å². The van der Waals surface area contributed by atoms with Crippen LogP contribution in [0.4, 0.5) is 11.8 Å². The highest BCUT2D eigenvalue weighted by atomic mass is 31.2. The predicted molar refractivity (Wildman–Crippen MR) is 84.1 cm³/mol. The van der Waals surface area contributed by atoms with E-state index in [0.717, 1.165) is 12.8 Å². The molecule has 0 aromatic carbocycles. The van der Waals surface area contributed by atoms with Crippen LogP contribution in [0.3, 0.4) is 0 Å². The molecule has 1 fully saturated rings. The van der Waals surface area contributed by atoms with Crippen molar-refractivity contribution in [3.05, 3.63) is 6.33 Å². The third-order valence-electron chi connectivity index (χ3n) is 3.40. The summed E-state index contributed by atoms with van der Waals surface area (Å²) in [7, 11) is -4.02. The maximum Gasteiger partial charge on any atom is 0.327 e. The number of hydrogen-bond acceptors (Lipinski definition) is 7. The number of aromatic nitrogens is 4.